The molecule has 1 aromatic heterocycles. The van der Waals surface area contributed by atoms with Crippen molar-refractivity contribution in [2.24, 2.45) is 5.73 Å². The zero-order chi connectivity index (χ0) is 12.3. The molecular weight excluding hydrogens is 214 g/mol. The van der Waals surface area contributed by atoms with Gasteiger partial charge in [-0.05, 0) is 30.0 Å². The molecule has 2 aromatic rings. The molecule has 0 fully saturated rings. The Kier molecular flexibility index (Phi) is 3.54. The van der Waals surface area contributed by atoms with E-state index in [1.807, 2.05) is 12.1 Å². The minimum Gasteiger partial charge on any atom is -0.419 e. The van der Waals surface area contributed by atoms with Crippen molar-refractivity contribution >= 4 is 0 Å². The van der Waals surface area contributed by atoms with E-state index in [2.05, 4.69) is 36.2 Å². The first-order chi connectivity index (χ1) is 8.24. The van der Waals surface area contributed by atoms with Crippen LogP contribution in [0.25, 0.3) is 11.5 Å². The van der Waals surface area contributed by atoms with Crippen molar-refractivity contribution in [3.8, 4) is 11.5 Å². The maximum absolute atomic E-state index is 5.43. The van der Waals surface area contributed by atoms with Gasteiger partial charge in [0, 0.05) is 5.56 Å². The monoisotopic (exact) mass is 231 g/mol. The minimum atomic E-state index is 0.276. The van der Waals surface area contributed by atoms with Gasteiger partial charge in [0.25, 0.3) is 0 Å². The Morgan fingerprint density at radius 2 is 1.94 bits per heavy atom. The van der Waals surface area contributed by atoms with E-state index in [9.17, 15) is 0 Å². The quantitative estimate of drug-likeness (QED) is 0.878. The molecule has 2 N–H and O–H groups in total. The van der Waals surface area contributed by atoms with Gasteiger partial charge in [-0.3, -0.25) is 0 Å². The van der Waals surface area contributed by atoms with E-state index in [1.165, 1.54) is 5.56 Å². The lowest BCUT2D eigenvalue weighted by Gasteiger charge is -2.08. The van der Waals surface area contributed by atoms with Gasteiger partial charge in [-0.1, -0.05) is 26.0 Å². The van der Waals surface area contributed by atoms with E-state index >= 15 is 0 Å². The molecule has 4 nitrogen and oxygen atoms in total. The summed E-state index contributed by atoms with van der Waals surface area (Å²) in [7, 11) is 0. The van der Waals surface area contributed by atoms with Gasteiger partial charge < -0.3 is 10.2 Å². The summed E-state index contributed by atoms with van der Waals surface area (Å²) in [5, 5.41) is 7.80. The van der Waals surface area contributed by atoms with Crippen LogP contribution in [0.15, 0.2) is 28.7 Å². The maximum Gasteiger partial charge on any atom is 0.247 e. The van der Waals surface area contributed by atoms with Crippen LogP contribution in [-0.4, -0.2) is 10.2 Å². The smallest absolute Gasteiger partial charge is 0.247 e. The highest BCUT2D eigenvalue weighted by Crippen LogP contribution is 2.23. The van der Waals surface area contributed by atoms with Crippen LogP contribution in [0.5, 0.6) is 0 Å². The van der Waals surface area contributed by atoms with Gasteiger partial charge in [0.2, 0.25) is 11.8 Å². The Morgan fingerprint density at radius 1 is 1.24 bits per heavy atom. The Balaban J connectivity index is 2.22. The van der Waals surface area contributed by atoms with Crippen molar-refractivity contribution in [1.82, 2.24) is 10.2 Å². The number of aromatic nitrogens is 2. The van der Waals surface area contributed by atoms with Gasteiger partial charge in [-0.2, -0.15) is 0 Å². The van der Waals surface area contributed by atoms with Gasteiger partial charge in [0.05, 0.1) is 6.54 Å². The Bertz CT molecular complexity index is 476. The zero-order valence-electron chi connectivity index (χ0n) is 10.2. The van der Waals surface area contributed by atoms with Crippen LogP contribution in [-0.2, 0) is 6.54 Å². The SMILES string of the molecule is CCC(C)c1ccc(-c2nnc(CN)o2)cc1. The number of nitrogens with two attached hydrogens (primary N) is 1. The first-order valence-corrected chi connectivity index (χ1v) is 5.87. The molecule has 90 valence electrons. The summed E-state index contributed by atoms with van der Waals surface area (Å²) in [6, 6.07) is 8.23. The molecule has 4 heteroatoms. The molecule has 1 unspecified atom stereocenters. The minimum absolute atomic E-state index is 0.276. The Morgan fingerprint density at radius 3 is 2.47 bits per heavy atom. The summed E-state index contributed by atoms with van der Waals surface area (Å²) in [5.41, 5.74) is 7.69. The molecule has 1 atom stereocenters. The molecule has 0 aliphatic heterocycles. The van der Waals surface area contributed by atoms with E-state index in [-0.39, 0.29) is 6.54 Å². The van der Waals surface area contributed by atoms with Crippen molar-refractivity contribution < 1.29 is 4.42 Å². The van der Waals surface area contributed by atoms with Crippen LogP contribution < -0.4 is 5.73 Å². The Labute approximate surface area is 101 Å². The average molecular weight is 231 g/mol. The van der Waals surface area contributed by atoms with Crippen molar-refractivity contribution in [3.05, 3.63) is 35.7 Å². The van der Waals surface area contributed by atoms with Gasteiger partial charge in [0.1, 0.15) is 0 Å². The first-order valence-electron chi connectivity index (χ1n) is 5.87. The van der Waals surface area contributed by atoms with Crippen molar-refractivity contribution in [1.29, 1.82) is 0 Å². The van der Waals surface area contributed by atoms with Crippen LogP contribution in [0.1, 0.15) is 37.6 Å². The fourth-order valence-corrected chi connectivity index (χ4v) is 1.64. The molecule has 0 saturated carbocycles. The zero-order valence-corrected chi connectivity index (χ0v) is 10.2. The fraction of sp³-hybridized carbons (Fsp3) is 0.385. The molecule has 0 amide bonds. The van der Waals surface area contributed by atoms with Gasteiger partial charge in [-0.25, -0.2) is 0 Å². The summed E-state index contributed by atoms with van der Waals surface area (Å²) in [4.78, 5) is 0. The normalized spacial score (nSPS) is 12.6. The van der Waals surface area contributed by atoms with Gasteiger partial charge >= 0.3 is 0 Å². The molecule has 0 aliphatic carbocycles. The van der Waals surface area contributed by atoms with E-state index in [0.717, 1.165) is 12.0 Å². The van der Waals surface area contributed by atoms with Gasteiger partial charge in [-0.15, -0.1) is 10.2 Å². The lowest BCUT2D eigenvalue weighted by molar-refractivity contribution is 0.508. The number of rotatable bonds is 4. The van der Waals surface area contributed by atoms with Crippen LogP contribution in [0.3, 0.4) is 0 Å². The number of nitrogens with zero attached hydrogens (tertiary/aromatic N) is 2. The standard InChI is InChI=1S/C13H17N3O/c1-3-9(2)10-4-6-11(7-5-10)13-16-15-12(8-14)17-13/h4-7,9H,3,8,14H2,1-2H3. The predicted octanol–water partition coefficient (Wildman–Crippen LogP) is 2.71. The van der Waals surface area contributed by atoms with Crippen molar-refractivity contribution in [2.75, 3.05) is 0 Å². The van der Waals surface area contributed by atoms with E-state index in [4.69, 9.17) is 10.2 Å². The molecule has 2 rings (SSSR count). The number of hydrogen-bond acceptors (Lipinski definition) is 4. The van der Waals surface area contributed by atoms with Crippen molar-refractivity contribution in [3.63, 3.8) is 0 Å². The molecule has 0 spiro atoms. The first kappa shape index (κ1) is 11.8. The topological polar surface area (TPSA) is 64.9 Å². The van der Waals surface area contributed by atoms with Crippen molar-refractivity contribution in [2.45, 2.75) is 32.7 Å². The predicted molar refractivity (Wildman–Crippen MR) is 66.3 cm³/mol. The third-order valence-electron chi connectivity index (χ3n) is 2.98. The third-order valence-corrected chi connectivity index (χ3v) is 2.98. The second kappa shape index (κ2) is 5.10. The molecule has 0 bridgehead atoms. The Hall–Kier alpha value is -1.68. The maximum atomic E-state index is 5.43. The van der Waals surface area contributed by atoms with Gasteiger partial charge in [0.15, 0.2) is 0 Å². The highest BCUT2D eigenvalue weighted by atomic mass is 16.4. The van der Waals surface area contributed by atoms with Crippen LogP contribution in [0.2, 0.25) is 0 Å². The number of hydrogen-bond donors (Lipinski definition) is 1. The summed E-state index contributed by atoms with van der Waals surface area (Å²) in [5.74, 6) is 1.57. The number of benzene rings is 1. The highest BCUT2D eigenvalue weighted by molar-refractivity contribution is 5.53. The molecule has 0 aliphatic rings. The summed E-state index contributed by atoms with van der Waals surface area (Å²) < 4.78 is 5.40. The average Bonchev–Trinajstić information content (AvgIpc) is 2.87. The molecule has 1 aromatic carbocycles. The summed E-state index contributed by atoms with van der Waals surface area (Å²) in [6.45, 7) is 4.68. The molecule has 0 radical (unpaired) electrons. The molecule has 1 heterocycles. The van der Waals surface area contributed by atoms with E-state index in [0.29, 0.717) is 17.7 Å². The van der Waals surface area contributed by atoms with Crippen LogP contribution >= 0.6 is 0 Å². The lowest BCUT2D eigenvalue weighted by Crippen LogP contribution is -1.95. The lowest BCUT2D eigenvalue weighted by atomic mass is 9.98. The molecular formula is C13H17N3O. The summed E-state index contributed by atoms with van der Waals surface area (Å²) >= 11 is 0. The van der Waals surface area contributed by atoms with Crippen LogP contribution in [0.4, 0.5) is 0 Å². The van der Waals surface area contributed by atoms with E-state index in [1.54, 1.807) is 0 Å². The van der Waals surface area contributed by atoms with E-state index < -0.39 is 0 Å². The van der Waals surface area contributed by atoms with Crippen LogP contribution in [0, 0.1) is 0 Å². The molecule has 0 saturated heterocycles. The second-order valence-electron chi connectivity index (χ2n) is 4.14. The highest BCUT2D eigenvalue weighted by Gasteiger charge is 2.08. The fourth-order valence-electron chi connectivity index (χ4n) is 1.64. The molecule has 17 heavy (non-hydrogen) atoms. The third kappa shape index (κ3) is 2.53. The second-order valence-corrected chi connectivity index (χ2v) is 4.14. The largest absolute Gasteiger partial charge is 0.419 e. The summed E-state index contributed by atoms with van der Waals surface area (Å²) in [6.07, 6.45) is 1.14.